The Morgan fingerprint density at radius 3 is 2.76 bits per heavy atom. The number of aliphatic carboxylic acids is 1. The lowest BCUT2D eigenvalue weighted by Gasteiger charge is -2.49. The minimum Gasteiger partial charge on any atom is -0.477 e. The predicted octanol–water partition coefficient (Wildman–Crippen LogP) is -0.114. The maximum atomic E-state index is 13.2. The number of ether oxygens (including phenoxy) is 1. The van der Waals surface area contributed by atoms with Crippen LogP contribution in [0.3, 0.4) is 0 Å². The number of tetrazole rings is 1. The number of β-lactam (4-membered cyclic amide) rings is 1. The zero-order chi connectivity index (χ0) is 30.6. The van der Waals surface area contributed by atoms with Crippen LogP contribution in [0.4, 0.5) is 5.13 Å². The minimum absolute atomic E-state index is 0.0477. The number of allylic oxidation sites excluding steroid dienone is 1. The van der Waals surface area contributed by atoms with Crippen molar-refractivity contribution in [3.8, 4) is 0 Å². The van der Waals surface area contributed by atoms with Crippen molar-refractivity contribution in [3.05, 3.63) is 29.7 Å². The summed E-state index contributed by atoms with van der Waals surface area (Å²) < 4.78 is 10.6. The van der Waals surface area contributed by atoms with Gasteiger partial charge in [-0.3, -0.25) is 14.5 Å². The molecule has 42 heavy (non-hydrogen) atoms. The SMILES string of the molecule is C=CCn1nnnc1SCC1=C(C(=O)O)N2C(=O)C(NC(=O)/C(=N\OCC(=O)OC(C)(C)C)c3nsc(N)n3)[C@H]2SC1. The molecule has 1 fully saturated rings. The van der Waals surface area contributed by atoms with Crippen molar-refractivity contribution in [1.29, 1.82) is 0 Å². The van der Waals surface area contributed by atoms with Crippen LogP contribution in [-0.2, 0) is 35.3 Å². The van der Waals surface area contributed by atoms with Gasteiger partial charge >= 0.3 is 11.9 Å². The molecule has 2 aliphatic rings. The number of carbonyl (C=O) groups is 4. The summed E-state index contributed by atoms with van der Waals surface area (Å²) in [5.41, 5.74) is 4.80. The molecule has 2 aromatic heterocycles. The third-order valence-electron chi connectivity index (χ3n) is 5.34. The van der Waals surface area contributed by atoms with Gasteiger partial charge in [-0.1, -0.05) is 23.0 Å². The van der Waals surface area contributed by atoms with Crippen molar-refractivity contribution in [2.45, 2.75) is 49.5 Å². The summed E-state index contributed by atoms with van der Waals surface area (Å²) in [5, 5.41) is 27.4. The number of oxime groups is 1. The highest BCUT2D eigenvalue weighted by molar-refractivity contribution is 8.01. The lowest BCUT2D eigenvalue weighted by Crippen LogP contribution is -2.71. The van der Waals surface area contributed by atoms with E-state index in [-0.39, 0.29) is 28.2 Å². The van der Waals surface area contributed by atoms with Gasteiger partial charge in [-0.2, -0.15) is 9.36 Å². The number of nitrogens with one attached hydrogen (secondary N) is 1. The first-order chi connectivity index (χ1) is 19.9. The fourth-order valence-corrected chi connectivity index (χ4v) is 6.53. The number of aromatic nitrogens is 6. The molecule has 224 valence electrons. The second-order valence-electron chi connectivity index (χ2n) is 9.60. The van der Waals surface area contributed by atoms with Crippen molar-refractivity contribution < 1.29 is 33.9 Å². The largest absolute Gasteiger partial charge is 0.477 e. The number of carbonyl (C=O) groups excluding carboxylic acids is 3. The van der Waals surface area contributed by atoms with Crippen LogP contribution in [0.5, 0.6) is 0 Å². The van der Waals surface area contributed by atoms with Crippen LogP contribution in [0.2, 0.25) is 0 Å². The van der Waals surface area contributed by atoms with Gasteiger partial charge in [0.25, 0.3) is 11.8 Å². The third-order valence-corrected chi connectivity index (χ3v) is 8.27. The summed E-state index contributed by atoms with van der Waals surface area (Å²) in [4.78, 5) is 60.6. The zero-order valence-electron chi connectivity index (χ0n) is 22.5. The van der Waals surface area contributed by atoms with Gasteiger partial charge in [-0.25, -0.2) is 14.3 Å². The van der Waals surface area contributed by atoms with Crippen LogP contribution in [0, 0.1) is 0 Å². The van der Waals surface area contributed by atoms with E-state index in [2.05, 4.69) is 41.9 Å². The first-order valence-electron chi connectivity index (χ1n) is 12.1. The molecule has 2 amide bonds. The van der Waals surface area contributed by atoms with Crippen molar-refractivity contribution in [2.75, 3.05) is 23.8 Å². The molecule has 0 aliphatic carbocycles. The fraction of sp³-hybridized carbons (Fsp3) is 0.455. The summed E-state index contributed by atoms with van der Waals surface area (Å²) in [6, 6.07) is -1.07. The Labute approximate surface area is 251 Å². The van der Waals surface area contributed by atoms with Gasteiger partial charge in [0.15, 0.2) is 5.13 Å². The number of nitrogens with two attached hydrogens (primary N) is 1. The number of rotatable bonds is 12. The Morgan fingerprint density at radius 2 is 2.12 bits per heavy atom. The van der Waals surface area contributed by atoms with Gasteiger partial charge in [-0.15, -0.1) is 23.4 Å². The number of carboxylic acids is 1. The summed E-state index contributed by atoms with van der Waals surface area (Å²) in [7, 11) is 0. The number of nitrogen functional groups attached to an aromatic ring is 1. The van der Waals surface area contributed by atoms with Crippen LogP contribution >= 0.6 is 35.1 Å². The van der Waals surface area contributed by atoms with Gasteiger partial charge in [-0.05, 0) is 36.8 Å². The third kappa shape index (κ3) is 7.05. The average Bonchev–Trinajstić information content (AvgIpc) is 3.55. The van der Waals surface area contributed by atoms with E-state index in [0.717, 1.165) is 16.4 Å². The van der Waals surface area contributed by atoms with E-state index in [1.54, 1.807) is 26.8 Å². The lowest BCUT2D eigenvalue weighted by molar-refractivity contribution is -0.160. The van der Waals surface area contributed by atoms with E-state index < -0.39 is 53.1 Å². The zero-order valence-corrected chi connectivity index (χ0v) is 25.0. The Hall–Kier alpha value is -4.04. The van der Waals surface area contributed by atoms with E-state index in [1.807, 2.05) is 0 Å². The number of hydrogen-bond acceptors (Lipinski definition) is 16. The maximum absolute atomic E-state index is 13.2. The molecule has 0 spiro atoms. The number of esters is 1. The molecule has 0 aromatic carbocycles. The molecule has 17 nitrogen and oxygen atoms in total. The van der Waals surface area contributed by atoms with Gasteiger partial charge in [0.1, 0.15) is 22.7 Å². The van der Waals surface area contributed by atoms with Gasteiger partial charge < -0.3 is 25.7 Å². The van der Waals surface area contributed by atoms with E-state index >= 15 is 0 Å². The standard InChI is InChI=1S/C22H26N10O7S3/c1-5-6-31-21(26-29-30-31)41-9-10-8-40-18-13(17(35)32(18)14(10)19(36)37)24-16(34)12(15-25-20(23)42-28-15)27-38-7-11(33)39-22(2,3)4/h5,13,18H,1,6-9H2,2-4H3,(H,24,34)(H,36,37)(H2,23,25,28)/b27-12-/t13?,18-/m1/s1. The number of nitrogens with zero attached hydrogens (tertiary/aromatic N) is 8. The summed E-state index contributed by atoms with van der Waals surface area (Å²) in [6.45, 7) is 8.47. The number of carboxylic acid groups (broad SMARTS) is 1. The molecule has 20 heteroatoms. The fourth-order valence-electron chi connectivity index (χ4n) is 3.73. The number of anilines is 1. The number of hydrogen-bond donors (Lipinski definition) is 3. The molecular weight excluding hydrogens is 613 g/mol. The normalized spacial score (nSPS) is 18.7. The van der Waals surface area contributed by atoms with Crippen molar-refractivity contribution >= 4 is 69.7 Å². The second-order valence-corrected chi connectivity index (χ2v) is 12.4. The molecule has 4 rings (SSSR count). The highest BCUT2D eigenvalue weighted by Crippen LogP contribution is 2.41. The molecule has 2 atom stereocenters. The van der Waals surface area contributed by atoms with Gasteiger partial charge in [0.2, 0.25) is 23.3 Å². The van der Waals surface area contributed by atoms with Crippen LogP contribution in [0.25, 0.3) is 0 Å². The minimum atomic E-state index is -1.28. The highest BCUT2D eigenvalue weighted by Gasteiger charge is 2.54. The summed E-state index contributed by atoms with van der Waals surface area (Å²) >= 11 is 3.32. The smallest absolute Gasteiger partial charge is 0.352 e. The van der Waals surface area contributed by atoms with E-state index in [1.165, 1.54) is 28.2 Å². The van der Waals surface area contributed by atoms with E-state index in [0.29, 0.717) is 17.3 Å². The average molecular weight is 639 g/mol. The first-order valence-corrected chi connectivity index (χ1v) is 14.9. The predicted molar refractivity (Wildman–Crippen MR) is 151 cm³/mol. The van der Waals surface area contributed by atoms with Crippen LogP contribution in [0.1, 0.15) is 26.6 Å². The van der Waals surface area contributed by atoms with Gasteiger partial charge in [0.05, 0.1) is 6.54 Å². The van der Waals surface area contributed by atoms with Crippen molar-refractivity contribution in [1.82, 2.24) is 39.8 Å². The van der Waals surface area contributed by atoms with E-state index in [9.17, 15) is 24.3 Å². The maximum Gasteiger partial charge on any atom is 0.352 e. The van der Waals surface area contributed by atoms with Crippen LogP contribution in [-0.4, -0.2) is 104 Å². The van der Waals surface area contributed by atoms with Gasteiger partial charge in [0, 0.05) is 23.0 Å². The molecule has 2 aliphatic heterocycles. The number of thioether (sulfide) groups is 2. The molecule has 2 aromatic rings. The van der Waals surface area contributed by atoms with E-state index in [4.69, 9.17) is 15.3 Å². The first kappa shape index (κ1) is 30.9. The Morgan fingerprint density at radius 1 is 1.36 bits per heavy atom. The molecule has 4 heterocycles. The number of fused-ring (bicyclic) bond motifs is 1. The van der Waals surface area contributed by atoms with Crippen molar-refractivity contribution in [3.63, 3.8) is 0 Å². The molecule has 1 saturated heterocycles. The Balaban J connectivity index is 1.46. The van der Waals surface area contributed by atoms with Crippen molar-refractivity contribution in [2.24, 2.45) is 5.16 Å². The molecular formula is C22H26N10O7S3. The summed E-state index contributed by atoms with van der Waals surface area (Å²) in [6.07, 6.45) is 1.62. The van der Waals surface area contributed by atoms with Crippen LogP contribution in [0.15, 0.2) is 34.2 Å². The Kier molecular flexibility index (Phi) is 9.46. The summed E-state index contributed by atoms with van der Waals surface area (Å²) in [5.74, 6) is -3.18. The second kappa shape index (κ2) is 12.9. The molecule has 4 N–H and O–H groups in total. The molecule has 0 bridgehead atoms. The monoisotopic (exact) mass is 638 g/mol. The molecule has 0 radical (unpaired) electrons. The van der Waals surface area contributed by atoms with Crippen LogP contribution < -0.4 is 11.1 Å². The molecule has 0 saturated carbocycles. The highest BCUT2D eigenvalue weighted by atomic mass is 32.2. The Bertz CT molecular complexity index is 1460. The number of amides is 2. The lowest BCUT2D eigenvalue weighted by atomic mass is 10.0. The topological polar surface area (TPSA) is 230 Å². The quantitative estimate of drug-likeness (QED) is 0.0687. The molecule has 1 unspecified atom stereocenters.